The van der Waals surface area contributed by atoms with Gasteiger partial charge in [0.15, 0.2) is 5.78 Å². The maximum Gasteiger partial charge on any atom is 0.259 e. The van der Waals surface area contributed by atoms with E-state index >= 15 is 0 Å². The highest BCUT2D eigenvalue weighted by atomic mass is 16.2. The summed E-state index contributed by atoms with van der Waals surface area (Å²) in [6.07, 6.45) is 0. The molecule has 4 heteroatoms. The van der Waals surface area contributed by atoms with Crippen molar-refractivity contribution in [2.75, 3.05) is 7.05 Å². The SMILES string of the molecule is CC1=NN(C)C(=O)C1C(=O)c1ccc(C)cc1. The Morgan fingerprint density at radius 2 is 1.82 bits per heavy atom. The summed E-state index contributed by atoms with van der Waals surface area (Å²) in [5, 5.41) is 5.22. The number of hydrazone groups is 1. The van der Waals surface area contributed by atoms with Crippen molar-refractivity contribution < 1.29 is 9.59 Å². The fourth-order valence-corrected chi connectivity index (χ4v) is 1.90. The Balaban J connectivity index is 2.30. The molecule has 1 heterocycles. The highest BCUT2D eigenvalue weighted by Crippen LogP contribution is 2.19. The minimum absolute atomic E-state index is 0.180. The monoisotopic (exact) mass is 230 g/mol. The molecule has 1 aliphatic heterocycles. The number of benzene rings is 1. The molecule has 0 N–H and O–H groups in total. The highest BCUT2D eigenvalue weighted by Gasteiger charge is 2.37. The average molecular weight is 230 g/mol. The van der Waals surface area contributed by atoms with Crippen molar-refractivity contribution in [1.29, 1.82) is 0 Å². The van der Waals surface area contributed by atoms with Gasteiger partial charge in [-0.2, -0.15) is 5.10 Å². The molecule has 1 atom stereocenters. The number of hydrogen-bond acceptors (Lipinski definition) is 3. The van der Waals surface area contributed by atoms with Gasteiger partial charge in [-0.1, -0.05) is 29.8 Å². The molecule has 0 radical (unpaired) electrons. The molecule has 0 aromatic heterocycles. The lowest BCUT2D eigenvalue weighted by Crippen LogP contribution is -2.31. The minimum atomic E-state index is -0.747. The Bertz CT molecular complexity index is 503. The molecule has 4 nitrogen and oxygen atoms in total. The predicted octanol–water partition coefficient (Wildman–Crippen LogP) is 1.64. The normalized spacial score (nSPS) is 19.5. The number of carbonyl (C=O) groups is 2. The minimum Gasteiger partial charge on any atom is -0.293 e. The van der Waals surface area contributed by atoms with Crippen LogP contribution >= 0.6 is 0 Å². The quantitative estimate of drug-likeness (QED) is 0.573. The van der Waals surface area contributed by atoms with Gasteiger partial charge in [-0.3, -0.25) is 9.59 Å². The molecule has 17 heavy (non-hydrogen) atoms. The van der Waals surface area contributed by atoms with E-state index in [1.54, 1.807) is 26.1 Å². The summed E-state index contributed by atoms with van der Waals surface area (Å²) in [4.78, 5) is 24.0. The zero-order chi connectivity index (χ0) is 12.6. The molecule has 0 spiro atoms. The molecule has 1 aromatic carbocycles. The van der Waals surface area contributed by atoms with Gasteiger partial charge in [-0.05, 0) is 13.8 Å². The number of aryl methyl sites for hydroxylation is 1. The number of nitrogens with zero attached hydrogens (tertiary/aromatic N) is 2. The smallest absolute Gasteiger partial charge is 0.259 e. The van der Waals surface area contributed by atoms with Gasteiger partial charge in [0.1, 0.15) is 5.92 Å². The topological polar surface area (TPSA) is 49.7 Å². The number of hydrogen-bond donors (Lipinski definition) is 0. The summed E-state index contributed by atoms with van der Waals surface area (Å²) in [6, 6.07) is 7.22. The number of ketones is 1. The van der Waals surface area contributed by atoms with Crippen LogP contribution in [-0.2, 0) is 4.79 Å². The van der Waals surface area contributed by atoms with E-state index in [0.717, 1.165) is 5.56 Å². The van der Waals surface area contributed by atoms with E-state index in [0.29, 0.717) is 11.3 Å². The maximum absolute atomic E-state index is 12.2. The largest absolute Gasteiger partial charge is 0.293 e. The summed E-state index contributed by atoms with van der Waals surface area (Å²) in [5.74, 6) is -1.18. The van der Waals surface area contributed by atoms with Crippen LogP contribution in [0.25, 0.3) is 0 Å². The fraction of sp³-hybridized carbons (Fsp3) is 0.308. The molecule has 0 bridgehead atoms. The molecule has 0 aliphatic carbocycles. The van der Waals surface area contributed by atoms with Gasteiger partial charge in [0.2, 0.25) is 0 Å². The Morgan fingerprint density at radius 3 is 2.29 bits per heavy atom. The van der Waals surface area contributed by atoms with Gasteiger partial charge < -0.3 is 0 Å². The summed E-state index contributed by atoms with van der Waals surface area (Å²) < 4.78 is 0. The first-order chi connectivity index (χ1) is 8.00. The first kappa shape index (κ1) is 11.5. The second-order valence-electron chi connectivity index (χ2n) is 4.27. The molecular formula is C13H14N2O2. The zero-order valence-electron chi connectivity index (χ0n) is 10.1. The predicted molar refractivity (Wildman–Crippen MR) is 64.9 cm³/mol. The van der Waals surface area contributed by atoms with Crippen LogP contribution in [0.5, 0.6) is 0 Å². The van der Waals surface area contributed by atoms with Gasteiger partial charge in [-0.15, -0.1) is 0 Å². The molecule has 2 rings (SSSR count). The van der Waals surface area contributed by atoms with Crippen molar-refractivity contribution in [3.05, 3.63) is 35.4 Å². The third kappa shape index (κ3) is 1.98. The Morgan fingerprint density at radius 1 is 1.24 bits per heavy atom. The van der Waals surface area contributed by atoms with E-state index in [2.05, 4.69) is 5.10 Å². The van der Waals surface area contributed by atoms with Crippen LogP contribution in [0.1, 0.15) is 22.8 Å². The zero-order valence-corrected chi connectivity index (χ0v) is 10.1. The van der Waals surface area contributed by atoms with Crippen molar-refractivity contribution >= 4 is 17.4 Å². The molecule has 0 fully saturated rings. The number of Topliss-reactive ketones (excluding diaryl/α,β-unsaturated/α-hetero) is 1. The highest BCUT2D eigenvalue weighted by molar-refractivity contribution is 6.26. The van der Waals surface area contributed by atoms with E-state index in [-0.39, 0.29) is 11.7 Å². The van der Waals surface area contributed by atoms with Crippen molar-refractivity contribution in [3.8, 4) is 0 Å². The lowest BCUT2D eigenvalue weighted by Gasteiger charge is -2.09. The molecule has 1 amide bonds. The molecule has 88 valence electrons. The number of rotatable bonds is 2. The van der Waals surface area contributed by atoms with Gasteiger partial charge in [-0.25, -0.2) is 5.01 Å². The van der Waals surface area contributed by atoms with E-state index in [9.17, 15) is 9.59 Å². The van der Waals surface area contributed by atoms with E-state index in [1.165, 1.54) is 5.01 Å². The van der Waals surface area contributed by atoms with Crippen LogP contribution in [0.2, 0.25) is 0 Å². The van der Waals surface area contributed by atoms with Crippen molar-refractivity contribution in [1.82, 2.24) is 5.01 Å². The van der Waals surface area contributed by atoms with E-state index in [4.69, 9.17) is 0 Å². The summed E-state index contributed by atoms with van der Waals surface area (Å²) in [5.41, 5.74) is 2.20. The van der Waals surface area contributed by atoms with Crippen LogP contribution in [0.4, 0.5) is 0 Å². The summed E-state index contributed by atoms with van der Waals surface area (Å²) in [7, 11) is 1.56. The second kappa shape index (κ2) is 4.13. The van der Waals surface area contributed by atoms with Crippen LogP contribution < -0.4 is 0 Å². The molecule has 0 saturated carbocycles. The molecule has 1 aromatic rings. The second-order valence-corrected chi connectivity index (χ2v) is 4.27. The van der Waals surface area contributed by atoms with Crippen molar-refractivity contribution in [3.63, 3.8) is 0 Å². The van der Waals surface area contributed by atoms with E-state index in [1.807, 2.05) is 19.1 Å². The van der Waals surface area contributed by atoms with Gasteiger partial charge in [0.25, 0.3) is 5.91 Å². The number of carbonyl (C=O) groups excluding carboxylic acids is 2. The Kier molecular flexibility index (Phi) is 2.79. The average Bonchev–Trinajstić information content (AvgIpc) is 2.53. The fourth-order valence-electron chi connectivity index (χ4n) is 1.90. The number of amides is 1. The first-order valence-electron chi connectivity index (χ1n) is 5.44. The molecule has 0 saturated heterocycles. The van der Waals surface area contributed by atoms with Gasteiger partial charge in [0, 0.05) is 12.6 Å². The summed E-state index contributed by atoms with van der Waals surface area (Å²) >= 11 is 0. The van der Waals surface area contributed by atoms with Crippen LogP contribution in [-0.4, -0.2) is 29.5 Å². The molecule has 1 unspecified atom stereocenters. The Labute approximate surface area is 99.9 Å². The third-order valence-corrected chi connectivity index (χ3v) is 2.89. The Hall–Kier alpha value is -1.97. The maximum atomic E-state index is 12.2. The van der Waals surface area contributed by atoms with E-state index < -0.39 is 5.92 Å². The third-order valence-electron chi connectivity index (χ3n) is 2.89. The van der Waals surface area contributed by atoms with Crippen LogP contribution in [0.15, 0.2) is 29.4 Å². The van der Waals surface area contributed by atoms with Gasteiger partial charge in [0.05, 0.1) is 5.71 Å². The van der Waals surface area contributed by atoms with Crippen LogP contribution in [0, 0.1) is 12.8 Å². The van der Waals surface area contributed by atoms with Gasteiger partial charge >= 0.3 is 0 Å². The molecule has 1 aliphatic rings. The lowest BCUT2D eigenvalue weighted by atomic mass is 9.93. The van der Waals surface area contributed by atoms with Crippen molar-refractivity contribution in [2.24, 2.45) is 11.0 Å². The standard InChI is InChI=1S/C13H14N2O2/c1-8-4-6-10(7-5-8)12(16)11-9(2)14-15(3)13(11)17/h4-7,11H,1-3H3. The first-order valence-corrected chi connectivity index (χ1v) is 5.44. The van der Waals surface area contributed by atoms with Crippen LogP contribution in [0.3, 0.4) is 0 Å². The lowest BCUT2D eigenvalue weighted by molar-refractivity contribution is -0.129. The molecular weight excluding hydrogens is 216 g/mol. The summed E-state index contributed by atoms with van der Waals surface area (Å²) in [6.45, 7) is 3.66. The van der Waals surface area contributed by atoms with Crippen molar-refractivity contribution in [2.45, 2.75) is 13.8 Å².